The fraction of sp³-hybridized carbons (Fsp3) is 0.308. The van der Waals surface area contributed by atoms with Crippen molar-refractivity contribution < 1.29 is 32.6 Å². The van der Waals surface area contributed by atoms with E-state index in [1.54, 1.807) is 0 Å². The van der Waals surface area contributed by atoms with Gasteiger partial charge in [-0.2, -0.15) is 8.78 Å². The molecule has 1 atom stereocenters. The van der Waals surface area contributed by atoms with Crippen molar-refractivity contribution >= 4 is 17.9 Å². The number of imide groups is 1. The number of hydrogen-bond acceptors (Lipinski definition) is 5. The summed E-state index contributed by atoms with van der Waals surface area (Å²) in [6.07, 6.45) is -1.21. The Kier molecular flexibility index (Phi) is 6.24. The van der Waals surface area contributed by atoms with Crippen LogP contribution in [0.5, 0.6) is 5.75 Å². The monoisotopic (exact) mass is 316 g/mol. The quantitative estimate of drug-likeness (QED) is 0.798. The van der Waals surface area contributed by atoms with Gasteiger partial charge in [0.25, 0.3) is 5.91 Å². The van der Waals surface area contributed by atoms with Crippen molar-refractivity contribution in [1.82, 2.24) is 10.6 Å². The molecule has 1 aromatic rings. The molecule has 0 fully saturated rings. The van der Waals surface area contributed by atoms with E-state index in [-0.39, 0.29) is 11.3 Å². The van der Waals surface area contributed by atoms with Gasteiger partial charge in [-0.1, -0.05) is 0 Å². The van der Waals surface area contributed by atoms with E-state index in [1.165, 1.54) is 26.1 Å². The van der Waals surface area contributed by atoms with Gasteiger partial charge in [-0.3, -0.25) is 10.1 Å². The summed E-state index contributed by atoms with van der Waals surface area (Å²) in [7, 11) is 1.32. The van der Waals surface area contributed by atoms with E-state index in [0.29, 0.717) is 0 Å². The van der Waals surface area contributed by atoms with Gasteiger partial charge in [0.1, 0.15) is 5.75 Å². The van der Waals surface area contributed by atoms with Crippen LogP contribution in [-0.2, 0) is 9.53 Å². The second kappa shape index (κ2) is 7.91. The highest BCUT2D eigenvalue weighted by Crippen LogP contribution is 2.15. The highest BCUT2D eigenvalue weighted by molar-refractivity contribution is 5.98. The largest absolute Gasteiger partial charge is 0.449 e. The fourth-order valence-electron chi connectivity index (χ4n) is 1.33. The summed E-state index contributed by atoms with van der Waals surface area (Å²) in [6.45, 7) is -1.68. The topological polar surface area (TPSA) is 93.7 Å². The molecule has 0 spiro atoms. The number of benzene rings is 1. The van der Waals surface area contributed by atoms with Gasteiger partial charge in [0.2, 0.25) is 0 Å². The predicted octanol–water partition coefficient (Wildman–Crippen LogP) is 1.29. The van der Waals surface area contributed by atoms with Crippen molar-refractivity contribution in [1.29, 1.82) is 0 Å². The molecule has 0 saturated carbocycles. The average Bonchev–Trinajstić information content (AvgIpc) is 2.46. The lowest BCUT2D eigenvalue weighted by Gasteiger charge is -2.13. The first-order chi connectivity index (χ1) is 10.3. The van der Waals surface area contributed by atoms with Crippen LogP contribution in [0.4, 0.5) is 13.6 Å². The Morgan fingerprint density at radius 2 is 1.73 bits per heavy atom. The van der Waals surface area contributed by atoms with E-state index < -0.39 is 30.6 Å². The molecule has 0 aliphatic carbocycles. The van der Waals surface area contributed by atoms with Gasteiger partial charge in [0.15, 0.2) is 6.10 Å². The lowest BCUT2D eigenvalue weighted by Crippen LogP contribution is -2.43. The van der Waals surface area contributed by atoms with E-state index in [1.807, 2.05) is 5.32 Å². The lowest BCUT2D eigenvalue weighted by atomic mass is 10.2. The van der Waals surface area contributed by atoms with E-state index in [0.717, 1.165) is 12.1 Å². The van der Waals surface area contributed by atoms with Crippen molar-refractivity contribution in [3.8, 4) is 5.75 Å². The van der Waals surface area contributed by atoms with E-state index in [9.17, 15) is 23.2 Å². The molecule has 1 rings (SSSR count). The molecule has 22 heavy (non-hydrogen) atoms. The Hall–Kier alpha value is -2.71. The number of urea groups is 1. The molecule has 0 saturated heterocycles. The van der Waals surface area contributed by atoms with Crippen LogP contribution in [0.25, 0.3) is 0 Å². The molecule has 0 bridgehead atoms. The number of esters is 1. The third-order valence-corrected chi connectivity index (χ3v) is 2.43. The molecule has 0 aliphatic rings. The summed E-state index contributed by atoms with van der Waals surface area (Å²) in [4.78, 5) is 34.2. The zero-order chi connectivity index (χ0) is 16.7. The first-order valence-corrected chi connectivity index (χ1v) is 6.12. The van der Waals surface area contributed by atoms with Gasteiger partial charge in [0, 0.05) is 7.05 Å². The van der Waals surface area contributed by atoms with Gasteiger partial charge in [0.05, 0.1) is 5.56 Å². The summed E-state index contributed by atoms with van der Waals surface area (Å²) in [5.41, 5.74) is 0.0428. The molecule has 0 aromatic heterocycles. The van der Waals surface area contributed by atoms with Crippen LogP contribution in [0.2, 0.25) is 0 Å². The number of alkyl halides is 2. The minimum atomic E-state index is -2.97. The normalized spacial score (nSPS) is 11.5. The third-order valence-electron chi connectivity index (χ3n) is 2.43. The Balaban J connectivity index is 2.60. The summed E-state index contributed by atoms with van der Waals surface area (Å²) < 4.78 is 32.9. The summed E-state index contributed by atoms with van der Waals surface area (Å²) in [6, 6.07) is 4.02. The van der Waals surface area contributed by atoms with Gasteiger partial charge < -0.3 is 14.8 Å². The molecule has 2 N–H and O–H groups in total. The number of rotatable bonds is 5. The van der Waals surface area contributed by atoms with Crippen LogP contribution >= 0.6 is 0 Å². The molecule has 0 aliphatic heterocycles. The van der Waals surface area contributed by atoms with Crippen LogP contribution in [-0.4, -0.2) is 37.7 Å². The van der Waals surface area contributed by atoms with Crippen molar-refractivity contribution in [2.75, 3.05) is 7.05 Å². The molecule has 1 unspecified atom stereocenters. The lowest BCUT2D eigenvalue weighted by molar-refractivity contribution is -0.127. The number of amides is 3. The maximum atomic E-state index is 12.0. The average molecular weight is 316 g/mol. The van der Waals surface area contributed by atoms with E-state index in [4.69, 9.17) is 4.74 Å². The smallest absolute Gasteiger partial charge is 0.387 e. The zero-order valence-electron chi connectivity index (χ0n) is 11.8. The van der Waals surface area contributed by atoms with Crippen molar-refractivity contribution in [2.45, 2.75) is 19.6 Å². The molecular formula is C13H14F2N2O5. The Bertz CT molecular complexity index is 548. The van der Waals surface area contributed by atoms with Crippen molar-refractivity contribution in [3.63, 3.8) is 0 Å². The predicted molar refractivity (Wildman–Crippen MR) is 70.5 cm³/mol. The van der Waals surface area contributed by atoms with Gasteiger partial charge in [-0.25, -0.2) is 9.59 Å². The number of halogens is 2. The summed E-state index contributed by atoms with van der Waals surface area (Å²) in [5.74, 6) is -1.76. The first-order valence-electron chi connectivity index (χ1n) is 6.12. The molecule has 1 aromatic carbocycles. The van der Waals surface area contributed by atoms with Gasteiger partial charge in [-0.15, -0.1) is 0 Å². The molecule has 9 heteroatoms. The van der Waals surface area contributed by atoms with E-state index in [2.05, 4.69) is 10.1 Å². The standard InChI is InChI=1S/C13H14F2N2O5/c1-7(10(18)17-13(20)16-2)21-11(19)8-3-5-9(6-4-8)22-12(14)15/h3-7,12H,1-2H3,(H2,16,17,18,20). The van der Waals surface area contributed by atoms with Crippen molar-refractivity contribution in [3.05, 3.63) is 29.8 Å². The number of ether oxygens (including phenoxy) is 2. The Labute approximate surface area is 124 Å². The Morgan fingerprint density at radius 1 is 1.14 bits per heavy atom. The maximum Gasteiger partial charge on any atom is 0.387 e. The second-order valence-electron chi connectivity index (χ2n) is 4.02. The molecule has 0 radical (unpaired) electrons. The molecule has 0 heterocycles. The van der Waals surface area contributed by atoms with Gasteiger partial charge >= 0.3 is 18.6 Å². The second-order valence-corrected chi connectivity index (χ2v) is 4.02. The van der Waals surface area contributed by atoms with Crippen LogP contribution in [0.15, 0.2) is 24.3 Å². The number of carbonyl (C=O) groups is 3. The summed E-state index contributed by atoms with van der Waals surface area (Å²) >= 11 is 0. The number of carbonyl (C=O) groups excluding carboxylic acids is 3. The van der Waals surface area contributed by atoms with Gasteiger partial charge in [-0.05, 0) is 31.2 Å². The molecule has 3 amide bonds. The fourth-order valence-corrected chi connectivity index (χ4v) is 1.33. The highest BCUT2D eigenvalue weighted by atomic mass is 19.3. The zero-order valence-corrected chi connectivity index (χ0v) is 11.8. The minimum Gasteiger partial charge on any atom is -0.449 e. The third kappa shape index (κ3) is 5.35. The van der Waals surface area contributed by atoms with E-state index >= 15 is 0 Å². The first kappa shape index (κ1) is 17.3. The van der Waals surface area contributed by atoms with Crippen molar-refractivity contribution in [2.24, 2.45) is 0 Å². The van der Waals surface area contributed by atoms with Crippen LogP contribution in [0, 0.1) is 0 Å². The van der Waals surface area contributed by atoms with Crippen LogP contribution in [0.1, 0.15) is 17.3 Å². The Morgan fingerprint density at radius 3 is 2.23 bits per heavy atom. The molecule has 120 valence electrons. The SMILES string of the molecule is CNC(=O)NC(=O)C(C)OC(=O)c1ccc(OC(F)F)cc1. The molecular weight excluding hydrogens is 302 g/mol. The maximum absolute atomic E-state index is 12.0. The number of nitrogens with one attached hydrogen (secondary N) is 2. The highest BCUT2D eigenvalue weighted by Gasteiger charge is 2.20. The van der Waals surface area contributed by atoms with Crippen LogP contribution in [0.3, 0.4) is 0 Å². The van der Waals surface area contributed by atoms with Crippen LogP contribution < -0.4 is 15.4 Å². The number of hydrogen-bond donors (Lipinski definition) is 2. The summed E-state index contributed by atoms with van der Waals surface area (Å²) in [5, 5.41) is 4.12. The minimum absolute atomic E-state index is 0.0428. The molecule has 7 nitrogen and oxygen atoms in total.